The maximum atomic E-state index is 10.0. The lowest BCUT2D eigenvalue weighted by Crippen LogP contribution is -2.45. The Bertz CT molecular complexity index is 1360. The normalized spacial score (nSPS) is 18.3. The number of β-amino-alcohol motifs (C(OH)–C–C–N with tert-alkyl or cyclic N) is 1. The third-order valence-electron chi connectivity index (χ3n) is 6.67. The van der Waals surface area contributed by atoms with E-state index in [0.717, 1.165) is 78.1 Å². The SMILES string of the molecule is CC.CN1CCN(c2nccc(Nc3cc4nc(-c5ccnc(N6CCCC(O)C6)c5)sc4cn3)n2)CC1. The Labute approximate surface area is 227 Å². The minimum absolute atomic E-state index is 0.295. The number of aromatic nitrogens is 5. The van der Waals surface area contributed by atoms with Crippen molar-refractivity contribution in [3.63, 3.8) is 0 Å². The number of piperazine rings is 1. The Morgan fingerprint density at radius 3 is 2.55 bits per heavy atom. The summed E-state index contributed by atoms with van der Waals surface area (Å²) in [5.41, 5.74) is 1.90. The van der Waals surface area contributed by atoms with E-state index in [1.807, 2.05) is 44.4 Å². The number of anilines is 4. The number of hydrogen-bond acceptors (Lipinski definition) is 11. The van der Waals surface area contributed by atoms with Crippen LogP contribution in [0.25, 0.3) is 20.8 Å². The number of rotatable bonds is 5. The molecule has 10 nitrogen and oxygen atoms in total. The van der Waals surface area contributed by atoms with Gasteiger partial charge in [0, 0.05) is 69.5 Å². The van der Waals surface area contributed by atoms with Crippen molar-refractivity contribution in [1.29, 1.82) is 0 Å². The van der Waals surface area contributed by atoms with Crippen LogP contribution in [0.5, 0.6) is 0 Å². The molecule has 4 aromatic heterocycles. The molecule has 11 heteroatoms. The molecule has 2 aliphatic rings. The molecule has 0 aromatic carbocycles. The van der Waals surface area contributed by atoms with Gasteiger partial charge < -0.3 is 25.1 Å². The Hall–Kier alpha value is -3.41. The zero-order chi connectivity index (χ0) is 26.5. The number of likely N-dealkylation sites (N-methyl/N-ethyl adjacent to an activating group) is 1. The molecule has 2 aliphatic heterocycles. The van der Waals surface area contributed by atoms with Gasteiger partial charge in [-0.3, -0.25) is 0 Å². The maximum absolute atomic E-state index is 10.0. The number of pyridine rings is 2. The van der Waals surface area contributed by atoms with Crippen molar-refractivity contribution in [3.05, 3.63) is 42.9 Å². The average Bonchev–Trinajstić information content (AvgIpc) is 3.38. The summed E-state index contributed by atoms with van der Waals surface area (Å²) >= 11 is 1.61. The summed E-state index contributed by atoms with van der Waals surface area (Å²) in [7, 11) is 2.13. The fourth-order valence-electron chi connectivity index (χ4n) is 4.62. The molecule has 1 atom stereocenters. The van der Waals surface area contributed by atoms with E-state index >= 15 is 0 Å². The third-order valence-corrected chi connectivity index (χ3v) is 7.73. The number of nitrogens with one attached hydrogen (secondary N) is 1. The van der Waals surface area contributed by atoms with Gasteiger partial charge in [0.25, 0.3) is 0 Å². The number of thiazole rings is 1. The monoisotopic (exact) mass is 533 g/mol. The number of aliphatic hydroxyl groups excluding tert-OH is 1. The number of nitrogens with zero attached hydrogens (tertiary/aromatic N) is 8. The second kappa shape index (κ2) is 12.0. The highest BCUT2D eigenvalue weighted by Crippen LogP contribution is 2.32. The zero-order valence-electron chi connectivity index (χ0n) is 22.2. The van der Waals surface area contributed by atoms with Gasteiger partial charge in [0.2, 0.25) is 5.95 Å². The molecule has 0 radical (unpaired) electrons. The minimum Gasteiger partial charge on any atom is -0.391 e. The number of aliphatic hydroxyl groups is 1. The van der Waals surface area contributed by atoms with E-state index in [4.69, 9.17) is 9.97 Å². The van der Waals surface area contributed by atoms with Gasteiger partial charge in [0.05, 0.1) is 16.3 Å². The summed E-state index contributed by atoms with van der Waals surface area (Å²) < 4.78 is 1.02. The molecular formula is C27H35N9OS. The number of fused-ring (bicyclic) bond motifs is 1. The van der Waals surface area contributed by atoms with Gasteiger partial charge in [-0.25, -0.2) is 19.9 Å². The summed E-state index contributed by atoms with van der Waals surface area (Å²) in [4.78, 5) is 29.8. The molecule has 6 rings (SSSR count). The first kappa shape index (κ1) is 26.2. The van der Waals surface area contributed by atoms with Gasteiger partial charge in [0.1, 0.15) is 22.5 Å². The van der Waals surface area contributed by atoms with Crippen molar-refractivity contribution in [3.8, 4) is 10.6 Å². The lowest BCUT2D eigenvalue weighted by Gasteiger charge is -2.32. The molecule has 1 unspecified atom stereocenters. The van der Waals surface area contributed by atoms with E-state index in [1.54, 1.807) is 17.5 Å². The average molecular weight is 534 g/mol. The van der Waals surface area contributed by atoms with Crippen LogP contribution >= 0.6 is 11.3 Å². The van der Waals surface area contributed by atoms with Crippen LogP contribution in [0.1, 0.15) is 26.7 Å². The molecule has 0 spiro atoms. The van der Waals surface area contributed by atoms with Crippen molar-refractivity contribution in [2.24, 2.45) is 0 Å². The van der Waals surface area contributed by atoms with Crippen LogP contribution in [0.3, 0.4) is 0 Å². The van der Waals surface area contributed by atoms with Crippen molar-refractivity contribution >= 4 is 45.0 Å². The highest BCUT2D eigenvalue weighted by Gasteiger charge is 2.20. The Balaban J connectivity index is 0.00000144. The van der Waals surface area contributed by atoms with Crippen molar-refractivity contribution in [2.45, 2.75) is 32.8 Å². The van der Waals surface area contributed by atoms with Gasteiger partial charge in [0.15, 0.2) is 0 Å². The quantitative estimate of drug-likeness (QED) is 0.391. The largest absolute Gasteiger partial charge is 0.391 e. The topological polar surface area (TPSA) is 106 Å². The molecule has 0 aliphatic carbocycles. The van der Waals surface area contributed by atoms with Crippen LogP contribution in [-0.4, -0.2) is 87.3 Å². The Morgan fingerprint density at radius 1 is 0.921 bits per heavy atom. The van der Waals surface area contributed by atoms with Gasteiger partial charge >= 0.3 is 0 Å². The second-order valence-electron chi connectivity index (χ2n) is 9.36. The fourth-order valence-corrected chi connectivity index (χ4v) is 5.53. The van der Waals surface area contributed by atoms with E-state index in [9.17, 15) is 5.11 Å². The zero-order valence-corrected chi connectivity index (χ0v) is 23.0. The number of hydrogen-bond donors (Lipinski definition) is 2. The molecule has 38 heavy (non-hydrogen) atoms. The van der Waals surface area contributed by atoms with Crippen molar-refractivity contribution < 1.29 is 5.11 Å². The van der Waals surface area contributed by atoms with Crippen LogP contribution in [-0.2, 0) is 0 Å². The first-order valence-electron chi connectivity index (χ1n) is 13.3. The lowest BCUT2D eigenvalue weighted by atomic mass is 10.1. The van der Waals surface area contributed by atoms with Crippen molar-refractivity contribution in [2.75, 3.05) is 61.4 Å². The fraction of sp³-hybridized carbons (Fsp3) is 0.444. The summed E-state index contributed by atoms with van der Waals surface area (Å²) in [6.07, 6.45) is 6.98. The first-order valence-corrected chi connectivity index (χ1v) is 14.1. The molecule has 200 valence electrons. The van der Waals surface area contributed by atoms with Crippen molar-refractivity contribution in [1.82, 2.24) is 29.8 Å². The molecule has 4 aromatic rings. The molecule has 2 saturated heterocycles. The van der Waals surface area contributed by atoms with Crippen LogP contribution in [0.2, 0.25) is 0 Å². The molecular weight excluding hydrogens is 498 g/mol. The highest BCUT2D eigenvalue weighted by molar-refractivity contribution is 7.21. The highest BCUT2D eigenvalue weighted by atomic mass is 32.1. The first-order chi connectivity index (χ1) is 18.6. The molecule has 2 fully saturated rings. The Kier molecular flexibility index (Phi) is 8.26. The van der Waals surface area contributed by atoms with Crippen LogP contribution in [0.15, 0.2) is 42.9 Å². The standard InChI is InChI=1S/C25H29N9OS.C2H6/c1-32-9-11-33(12-10-32)25-27-7-5-21(31-25)30-22-14-19-20(15-28-22)36-24(29-19)17-4-6-26-23(13-17)34-8-2-3-18(35)16-34;1-2/h4-7,13-15,18,35H,2-3,8-12,16H2,1H3,(H,27,28,30,31);1-2H3. The van der Waals surface area contributed by atoms with Crippen LogP contribution in [0, 0.1) is 0 Å². The van der Waals surface area contributed by atoms with Crippen LogP contribution < -0.4 is 15.1 Å². The lowest BCUT2D eigenvalue weighted by molar-refractivity contribution is 0.154. The van der Waals surface area contributed by atoms with E-state index < -0.39 is 0 Å². The van der Waals surface area contributed by atoms with Gasteiger partial charge in [-0.2, -0.15) is 4.98 Å². The van der Waals surface area contributed by atoms with Gasteiger partial charge in [-0.1, -0.05) is 13.8 Å². The third kappa shape index (κ3) is 6.01. The Morgan fingerprint density at radius 2 is 1.74 bits per heavy atom. The van der Waals surface area contributed by atoms with E-state index in [1.165, 1.54) is 0 Å². The van der Waals surface area contributed by atoms with Gasteiger partial charge in [-0.15, -0.1) is 11.3 Å². The molecule has 0 saturated carbocycles. The summed E-state index contributed by atoms with van der Waals surface area (Å²) in [5.74, 6) is 3.02. The second-order valence-corrected chi connectivity index (χ2v) is 10.4. The molecule has 2 N–H and O–H groups in total. The predicted octanol–water partition coefficient (Wildman–Crippen LogP) is 4.03. The summed E-state index contributed by atoms with van der Waals surface area (Å²) in [5, 5.41) is 14.3. The van der Waals surface area contributed by atoms with E-state index in [2.05, 4.69) is 48.1 Å². The van der Waals surface area contributed by atoms with E-state index in [0.29, 0.717) is 18.2 Å². The molecule has 0 bridgehead atoms. The number of piperidine rings is 1. The molecule has 0 amide bonds. The predicted molar refractivity (Wildman–Crippen MR) is 154 cm³/mol. The minimum atomic E-state index is -0.295. The van der Waals surface area contributed by atoms with E-state index in [-0.39, 0.29) is 6.10 Å². The van der Waals surface area contributed by atoms with Crippen LogP contribution in [0.4, 0.5) is 23.4 Å². The van der Waals surface area contributed by atoms with Gasteiger partial charge in [-0.05, 0) is 38.1 Å². The maximum Gasteiger partial charge on any atom is 0.227 e. The summed E-state index contributed by atoms with van der Waals surface area (Å²) in [6, 6.07) is 7.85. The summed E-state index contributed by atoms with van der Waals surface area (Å²) in [6.45, 7) is 9.37. The smallest absolute Gasteiger partial charge is 0.227 e. The molecule has 6 heterocycles.